The van der Waals surface area contributed by atoms with E-state index >= 15 is 0 Å². The van der Waals surface area contributed by atoms with Crippen molar-refractivity contribution in [2.24, 2.45) is 13.0 Å². The van der Waals surface area contributed by atoms with Crippen LogP contribution in [0.2, 0.25) is 0 Å². The zero-order valence-corrected chi connectivity index (χ0v) is 8.44. The molecule has 0 aromatic carbocycles. The largest absolute Gasteiger partial charge is 0.303 e. The second-order valence-electron chi connectivity index (χ2n) is 3.13. The van der Waals surface area contributed by atoms with Crippen LogP contribution in [-0.2, 0) is 7.05 Å². The standard InChI is InChI=1S/C9H13NOS/c1-6(2)5-8-9(11)10(4)7(3)12-8/h5-6H,3H2,1-2,4H3/b8-5-. The lowest BCUT2D eigenvalue weighted by atomic mass is 10.2. The summed E-state index contributed by atoms with van der Waals surface area (Å²) < 4.78 is 3.20. The number of nitrogens with zero attached hydrogens (tertiary/aromatic N) is 1. The Morgan fingerprint density at radius 1 is 1.58 bits per heavy atom. The summed E-state index contributed by atoms with van der Waals surface area (Å²) in [4.78, 5) is 11.4. The van der Waals surface area contributed by atoms with Crippen LogP contribution in [0.25, 0.3) is 12.7 Å². The Morgan fingerprint density at radius 2 is 2.17 bits per heavy atom. The molecule has 0 bridgehead atoms. The summed E-state index contributed by atoms with van der Waals surface area (Å²) in [7, 11) is 1.75. The van der Waals surface area contributed by atoms with Gasteiger partial charge in [-0.1, -0.05) is 26.5 Å². The van der Waals surface area contributed by atoms with Gasteiger partial charge in [-0.05, 0) is 5.92 Å². The third-order valence-electron chi connectivity index (χ3n) is 1.60. The first-order valence-corrected chi connectivity index (χ1v) is 4.70. The summed E-state index contributed by atoms with van der Waals surface area (Å²) in [6, 6.07) is 0. The van der Waals surface area contributed by atoms with Crippen molar-refractivity contribution in [3.63, 3.8) is 0 Å². The Labute approximate surface area is 75.5 Å². The SMILES string of the molecule is C=c1s/c(=C\C(C)C)c(=O)n1C. The van der Waals surface area contributed by atoms with E-state index in [1.54, 1.807) is 11.6 Å². The lowest BCUT2D eigenvalue weighted by Crippen LogP contribution is -2.28. The average Bonchev–Trinajstić information content (AvgIpc) is 2.17. The number of thiazole rings is 1. The summed E-state index contributed by atoms with van der Waals surface area (Å²) in [6.45, 7) is 7.89. The molecule has 66 valence electrons. The Bertz CT molecular complexity index is 424. The first-order chi connectivity index (χ1) is 5.52. The molecule has 0 fully saturated rings. The fourth-order valence-corrected chi connectivity index (χ4v) is 1.96. The lowest BCUT2D eigenvalue weighted by molar-refractivity contribution is 0.849. The smallest absolute Gasteiger partial charge is 0.268 e. The van der Waals surface area contributed by atoms with Crippen molar-refractivity contribution in [3.05, 3.63) is 19.5 Å². The molecule has 0 amide bonds. The van der Waals surface area contributed by atoms with Crippen molar-refractivity contribution in [1.82, 2.24) is 4.57 Å². The van der Waals surface area contributed by atoms with Crippen LogP contribution in [0.5, 0.6) is 0 Å². The molecule has 0 aliphatic carbocycles. The summed E-state index contributed by atoms with van der Waals surface area (Å²) >= 11 is 1.45. The second kappa shape index (κ2) is 3.27. The van der Waals surface area contributed by atoms with Crippen LogP contribution >= 0.6 is 11.3 Å². The molecular formula is C9H13NOS. The van der Waals surface area contributed by atoms with Crippen molar-refractivity contribution in [1.29, 1.82) is 0 Å². The minimum atomic E-state index is 0.0682. The Balaban J connectivity index is 3.48. The van der Waals surface area contributed by atoms with E-state index in [4.69, 9.17) is 0 Å². The Kier molecular flexibility index (Phi) is 2.52. The molecule has 0 saturated carbocycles. The van der Waals surface area contributed by atoms with E-state index in [9.17, 15) is 4.79 Å². The zero-order chi connectivity index (χ0) is 9.30. The molecule has 2 nitrogen and oxygen atoms in total. The molecular weight excluding hydrogens is 170 g/mol. The normalized spacial score (nSPS) is 12.8. The average molecular weight is 183 g/mol. The molecule has 1 aromatic heterocycles. The third kappa shape index (κ3) is 1.67. The highest BCUT2D eigenvalue weighted by molar-refractivity contribution is 7.07. The molecule has 1 rings (SSSR count). The first kappa shape index (κ1) is 9.26. The molecule has 0 unspecified atom stereocenters. The minimum Gasteiger partial charge on any atom is -0.303 e. The van der Waals surface area contributed by atoms with E-state index in [-0.39, 0.29) is 5.56 Å². The van der Waals surface area contributed by atoms with Crippen molar-refractivity contribution >= 4 is 24.0 Å². The summed E-state index contributed by atoms with van der Waals surface area (Å²) in [5.41, 5.74) is 0.0682. The van der Waals surface area contributed by atoms with Gasteiger partial charge >= 0.3 is 0 Å². The van der Waals surface area contributed by atoms with Gasteiger partial charge in [0.2, 0.25) is 0 Å². The van der Waals surface area contributed by atoms with E-state index in [0.717, 1.165) is 9.20 Å². The molecule has 0 radical (unpaired) electrons. The molecule has 0 saturated heterocycles. The van der Waals surface area contributed by atoms with Gasteiger partial charge in [-0.2, -0.15) is 0 Å². The van der Waals surface area contributed by atoms with Crippen molar-refractivity contribution < 1.29 is 0 Å². The molecule has 0 atom stereocenters. The van der Waals surface area contributed by atoms with E-state index < -0.39 is 0 Å². The van der Waals surface area contributed by atoms with Gasteiger partial charge in [-0.25, -0.2) is 0 Å². The van der Waals surface area contributed by atoms with Crippen LogP contribution in [0.1, 0.15) is 13.8 Å². The topological polar surface area (TPSA) is 22.0 Å². The van der Waals surface area contributed by atoms with Gasteiger partial charge in [-0.15, -0.1) is 11.3 Å². The maximum atomic E-state index is 11.4. The summed E-state index contributed by atoms with van der Waals surface area (Å²) in [5.74, 6) is 0.413. The van der Waals surface area contributed by atoms with Crippen LogP contribution in [0.15, 0.2) is 4.79 Å². The van der Waals surface area contributed by atoms with Gasteiger partial charge in [0, 0.05) is 7.05 Å². The van der Waals surface area contributed by atoms with Gasteiger partial charge in [0.05, 0.1) is 9.20 Å². The number of aromatic nitrogens is 1. The monoisotopic (exact) mass is 183 g/mol. The predicted octanol–water partition coefficient (Wildman–Crippen LogP) is 0.294. The Hall–Kier alpha value is -0.830. The maximum Gasteiger partial charge on any atom is 0.268 e. The molecule has 0 aliphatic heterocycles. The lowest BCUT2D eigenvalue weighted by Gasteiger charge is -1.88. The van der Waals surface area contributed by atoms with Gasteiger partial charge < -0.3 is 4.57 Å². The summed E-state index contributed by atoms with van der Waals surface area (Å²) in [5, 5.41) is 0. The van der Waals surface area contributed by atoms with E-state index in [1.165, 1.54) is 11.3 Å². The first-order valence-electron chi connectivity index (χ1n) is 3.89. The molecule has 0 N–H and O–H groups in total. The quantitative estimate of drug-likeness (QED) is 0.613. The van der Waals surface area contributed by atoms with Crippen LogP contribution in [0, 0.1) is 5.92 Å². The van der Waals surface area contributed by atoms with Gasteiger partial charge in [0.25, 0.3) is 5.56 Å². The van der Waals surface area contributed by atoms with Gasteiger partial charge in [-0.3, -0.25) is 4.79 Å². The highest BCUT2D eigenvalue weighted by Gasteiger charge is 1.97. The number of hydrogen-bond acceptors (Lipinski definition) is 2. The molecule has 0 spiro atoms. The van der Waals surface area contributed by atoms with Crippen molar-refractivity contribution in [2.75, 3.05) is 0 Å². The van der Waals surface area contributed by atoms with Crippen molar-refractivity contribution in [2.45, 2.75) is 13.8 Å². The second-order valence-corrected chi connectivity index (χ2v) is 4.25. The number of hydrogen-bond donors (Lipinski definition) is 0. The van der Waals surface area contributed by atoms with Crippen LogP contribution in [0.3, 0.4) is 0 Å². The molecule has 1 aromatic rings. The van der Waals surface area contributed by atoms with E-state index in [0.29, 0.717) is 5.92 Å². The zero-order valence-electron chi connectivity index (χ0n) is 7.63. The fraction of sp³-hybridized carbons (Fsp3) is 0.444. The highest BCUT2D eigenvalue weighted by Crippen LogP contribution is 1.90. The van der Waals surface area contributed by atoms with Crippen molar-refractivity contribution in [3.8, 4) is 0 Å². The van der Waals surface area contributed by atoms with Crippen LogP contribution < -0.4 is 14.8 Å². The number of rotatable bonds is 1. The minimum absolute atomic E-state index is 0.0682. The highest BCUT2D eigenvalue weighted by atomic mass is 32.1. The predicted molar refractivity (Wildman–Crippen MR) is 53.6 cm³/mol. The molecule has 3 heteroatoms. The van der Waals surface area contributed by atoms with Gasteiger partial charge in [0.1, 0.15) is 0 Å². The van der Waals surface area contributed by atoms with E-state index in [2.05, 4.69) is 20.4 Å². The van der Waals surface area contributed by atoms with E-state index in [1.807, 2.05) is 6.08 Å². The van der Waals surface area contributed by atoms with Gasteiger partial charge in [0.15, 0.2) is 0 Å². The molecule has 12 heavy (non-hydrogen) atoms. The fourth-order valence-electron chi connectivity index (χ4n) is 0.926. The molecule has 1 heterocycles. The maximum absolute atomic E-state index is 11.4. The molecule has 0 aliphatic rings. The van der Waals surface area contributed by atoms with Crippen LogP contribution in [0.4, 0.5) is 0 Å². The summed E-state index contributed by atoms with van der Waals surface area (Å²) in [6.07, 6.45) is 1.97. The third-order valence-corrected chi connectivity index (χ3v) is 2.64. The van der Waals surface area contributed by atoms with Crippen LogP contribution in [-0.4, -0.2) is 4.57 Å². The Morgan fingerprint density at radius 3 is 2.50 bits per heavy atom.